The first-order valence-electron chi connectivity index (χ1n) is 6.85. The van der Waals surface area contributed by atoms with Crippen LogP contribution in [0.1, 0.15) is 33.1 Å². The molecule has 19 heavy (non-hydrogen) atoms. The summed E-state index contributed by atoms with van der Waals surface area (Å²) in [6.07, 6.45) is 2.15. The first kappa shape index (κ1) is 16.1. The molecule has 6 heteroatoms. The lowest BCUT2D eigenvalue weighted by Crippen LogP contribution is -2.37. The van der Waals surface area contributed by atoms with Crippen molar-refractivity contribution in [3.8, 4) is 0 Å². The van der Waals surface area contributed by atoms with Gasteiger partial charge in [0.1, 0.15) is 0 Å². The minimum atomic E-state index is -0.902. The summed E-state index contributed by atoms with van der Waals surface area (Å²) in [5.74, 6) is -0.746. The van der Waals surface area contributed by atoms with Gasteiger partial charge in [-0.3, -0.25) is 13.8 Å². The van der Waals surface area contributed by atoms with Crippen LogP contribution in [0.5, 0.6) is 0 Å². The van der Waals surface area contributed by atoms with E-state index in [2.05, 4.69) is 5.32 Å². The molecule has 1 rings (SSSR count). The molecule has 0 saturated heterocycles. The molecule has 4 unspecified atom stereocenters. The fraction of sp³-hybridized carbons (Fsp3) is 0.846. The van der Waals surface area contributed by atoms with Crippen LogP contribution in [-0.2, 0) is 20.4 Å². The van der Waals surface area contributed by atoms with Crippen LogP contribution in [-0.4, -0.2) is 39.2 Å². The van der Waals surface area contributed by atoms with Crippen LogP contribution >= 0.6 is 0 Å². The van der Waals surface area contributed by atoms with Gasteiger partial charge in [-0.05, 0) is 18.8 Å². The first-order valence-corrected chi connectivity index (χ1v) is 8.33. The van der Waals surface area contributed by atoms with Crippen LogP contribution in [0.25, 0.3) is 0 Å². The minimum absolute atomic E-state index is 0.198. The van der Waals surface area contributed by atoms with Crippen molar-refractivity contribution in [1.82, 2.24) is 5.32 Å². The van der Waals surface area contributed by atoms with E-state index in [4.69, 9.17) is 5.11 Å². The van der Waals surface area contributed by atoms with Crippen molar-refractivity contribution >= 4 is 22.7 Å². The molecule has 0 spiro atoms. The van der Waals surface area contributed by atoms with Gasteiger partial charge in [0.15, 0.2) is 0 Å². The quantitative estimate of drug-likeness (QED) is 0.732. The summed E-state index contributed by atoms with van der Waals surface area (Å²) in [6, 6.07) is 0. The van der Waals surface area contributed by atoms with E-state index in [9.17, 15) is 13.8 Å². The van der Waals surface area contributed by atoms with Crippen LogP contribution in [0.4, 0.5) is 0 Å². The largest absolute Gasteiger partial charge is 0.481 e. The second kappa shape index (κ2) is 7.62. The van der Waals surface area contributed by atoms with Crippen molar-refractivity contribution in [3.05, 3.63) is 0 Å². The van der Waals surface area contributed by atoms with Gasteiger partial charge in [0, 0.05) is 28.9 Å². The maximum atomic E-state index is 12.0. The summed E-state index contributed by atoms with van der Waals surface area (Å²) in [4.78, 5) is 23.2. The third-order valence-corrected chi connectivity index (χ3v) is 5.15. The fourth-order valence-corrected chi connectivity index (χ4v) is 3.22. The highest BCUT2D eigenvalue weighted by atomic mass is 32.2. The second-order valence-electron chi connectivity index (χ2n) is 5.02. The summed E-state index contributed by atoms with van der Waals surface area (Å²) in [5, 5.41) is 11.9. The number of rotatable bonds is 7. The number of carboxylic acids is 1. The van der Waals surface area contributed by atoms with Crippen molar-refractivity contribution in [2.45, 2.75) is 33.1 Å². The molecule has 0 heterocycles. The van der Waals surface area contributed by atoms with Gasteiger partial charge in [0.25, 0.3) is 0 Å². The molecule has 1 aliphatic carbocycles. The number of amides is 1. The van der Waals surface area contributed by atoms with Gasteiger partial charge >= 0.3 is 5.97 Å². The summed E-state index contributed by atoms with van der Waals surface area (Å²) in [6.45, 7) is 4.22. The summed E-state index contributed by atoms with van der Waals surface area (Å²) in [5.41, 5.74) is 0. The third-order valence-electron chi connectivity index (χ3n) is 3.84. The Bertz CT molecular complexity index is 359. The van der Waals surface area contributed by atoms with Crippen LogP contribution in [0.15, 0.2) is 0 Å². The number of aliphatic carboxylic acids is 1. The van der Waals surface area contributed by atoms with Crippen molar-refractivity contribution in [2.24, 2.45) is 17.8 Å². The molecule has 110 valence electrons. The molecule has 0 radical (unpaired) electrons. The molecule has 1 fully saturated rings. The number of hydrogen-bond donors (Lipinski definition) is 2. The average molecular weight is 289 g/mol. The predicted octanol–water partition coefficient (Wildman–Crippen LogP) is 1.01. The van der Waals surface area contributed by atoms with Crippen molar-refractivity contribution in [1.29, 1.82) is 0 Å². The van der Waals surface area contributed by atoms with Crippen LogP contribution < -0.4 is 5.32 Å². The van der Waals surface area contributed by atoms with Gasteiger partial charge in [0.05, 0.1) is 11.8 Å². The zero-order valence-electron chi connectivity index (χ0n) is 11.6. The van der Waals surface area contributed by atoms with E-state index in [1.165, 1.54) is 0 Å². The Balaban J connectivity index is 2.49. The topological polar surface area (TPSA) is 83.5 Å². The standard InChI is InChI=1S/C13H23NO4S/c1-3-9-7-10(11(8-9)13(16)17)12(15)14-5-6-19(18)4-2/h9-11H,3-8H2,1-2H3,(H,14,15)(H,16,17). The van der Waals surface area contributed by atoms with E-state index in [-0.39, 0.29) is 5.91 Å². The summed E-state index contributed by atoms with van der Waals surface area (Å²) in [7, 11) is -0.902. The van der Waals surface area contributed by atoms with Crippen molar-refractivity contribution < 1.29 is 18.9 Å². The molecule has 0 bridgehead atoms. The molecule has 0 aliphatic heterocycles. The van der Waals surface area contributed by atoms with E-state index in [0.717, 1.165) is 6.42 Å². The molecule has 1 amide bonds. The lowest BCUT2D eigenvalue weighted by atomic mass is 9.95. The zero-order chi connectivity index (χ0) is 14.4. The summed E-state index contributed by atoms with van der Waals surface area (Å²) >= 11 is 0. The fourth-order valence-electron chi connectivity index (χ4n) is 2.60. The number of carbonyl (C=O) groups is 2. The molecular weight excluding hydrogens is 266 g/mol. The third kappa shape index (κ3) is 4.60. The van der Waals surface area contributed by atoms with E-state index >= 15 is 0 Å². The monoisotopic (exact) mass is 289 g/mol. The van der Waals surface area contributed by atoms with Gasteiger partial charge in [-0.25, -0.2) is 0 Å². The van der Waals surface area contributed by atoms with Crippen LogP contribution in [0.2, 0.25) is 0 Å². The van der Waals surface area contributed by atoms with Gasteiger partial charge in [0.2, 0.25) is 5.91 Å². The van der Waals surface area contributed by atoms with Crippen LogP contribution in [0, 0.1) is 17.8 Å². The minimum Gasteiger partial charge on any atom is -0.481 e. The van der Waals surface area contributed by atoms with Gasteiger partial charge in [-0.2, -0.15) is 0 Å². The number of carbonyl (C=O) groups excluding carboxylic acids is 1. The summed E-state index contributed by atoms with van der Waals surface area (Å²) < 4.78 is 11.3. The Morgan fingerprint density at radius 2 is 1.89 bits per heavy atom. The maximum absolute atomic E-state index is 12.0. The number of carboxylic acid groups (broad SMARTS) is 1. The van der Waals surface area contributed by atoms with Gasteiger partial charge < -0.3 is 10.4 Å². The normalized spacial score (nSPS) is 28.0. The molecule has 0 aromatic heterocycles. The molecule has 4 atom stereocenters. The first-order chi connectivity index (χ1) is 8.99. The lowest BCUT2D eigenvalue weighted by Gasteiger charge is -2.15. The van der Waals surface area contributed by atoms with Crippen molar-refractivity contribution in [2.75, 3.05) is 18.1 Å². The average Bonchev–Trinajstić information content (AvgIpc) is 2.82. The molecule has 1 aliphatic rings. The van der Waals surface area contributed by atoms with E-state index in [1.54, 1.807) is 0 Å². The molecule has 1 saturated carbocycles. The Morgan fingerprint density at radius 3 is 2.42 bits per heavy atom. The molecule has 0 aromatic rings. The number of hydrogen-bond acceptors (Lipinski definition) is 3. The highest BCUT2D eigenvalue weighted by Gasteiger charge is 2.41. The Kier molecular flexibility index (Phi) is 6.48. The highest BCUT2D eigenvalue weighted by molar-refractivity contribution is 7.84. The maximum Gasteiger partial charge on any atom is 0.307 e. The highest BCUT2D eigenvalue weighted by Crippen LogP contribution is 2.38. The second-order valence-corrected chi connectivity index (χ2v) is 6.89. The Hall–Kier alpha value is -0.910. The van der Waals surface area contributed by atoms with E-state index in [1.807, 2.05) is 13.8 Å². The van der Waals surface area contributed by atoms with Gasteiger partial charge in [-0.15, -0.1) is 0 Å². The number of nitrogens with one attached hydrogen (secondary N) is 1. The van der Waals surface area contributed by atoms with E-state index in [0.29, 0.717) is 36.8 Å². The van der Waals surface area contributed by atoms with Crippen molar-refractivity contribution in [3.63, 3.8) is 0 Å². The van der Waals surface area contributed by atoms with Gasteiger partial charge in [-0.1, -0.05) is 20.3 Å². The SMILES string of the molecule is CCC1CC(C(=O)O)C(C(=O)NCCS(=O)CC)C1. The zero-order valence-corrected chi connectivity index (χ0v) is 12.4. The van der Waals surface area contributed by atoms with Crippen LogP contribution in [0.3, 0.4) is 0 Å². The predicted molar refractivity (Wildman–Crippen MR) is 74.2 cm³/mol. The smallest absolute Gasteiger partial charge is 0.307 e. The Labute approximate surface area is 116 Å². The molecule has 0 aromatic carbocycles. The lowest BCUT2D eigenvalue weighted by molar-refractivity contribution is -0.146. The molecular formula is C13H23NO4S. The molecule has 5 nitrogen and oxygen atoms in total. The molecule has 2 N–H and O–H groups in total. The van der Waals surface area contributed by atoms with E-state index < -0.39 is 28.6 Å². The Morgan fingerprint density at radius 1 is 1.26 bits per heavy atom.